The molecule has 2 amide bonds. The summed E-state index contributed by atoms with van der Waals surface area (Å²) in [5.74, 6) is -0.830. The molecule has 0 radical (unpaired) electrons. The smallest absolute Gasteiger partial charge is 0.277 e. The average molecular weight is 356 g/mol. The van der Waals surface area contributed by atoms with Crippen molar-refractivity contribution in [3.05, 3.63) is 47.0 Å². The van der Waals surface area contributed by atoms with E-state index in [-0.39, 0.29) is 18.8 Å². The summed E-state index contributed by atoms with van der Waals surface area (Å²) in [5.41, 5.74) is 3.16. The van der Waals surface area contributed by atoms with Crippen molar-refractivity contribution in [2.24, 2.45) is 4.99 Å². The molecule has 0 saturated heterocycles. The summed E-state index contributed by atoms with van der Waals surface area (Å²) in [6.07, 6.45) is 1.26. The van der Waals surface area contributed by atoms with Crippen molar-refractivity contribution in [3.8, 4) is 0 Å². The lowest BCUT2D eigenvalue weighted by atomic mass is 10.1. The molecule has 8 heteroatoms. The second-order valence-corrected chi connectivity index (χ2v) is 6.55. The fraction of sp³-hybridized carbons (Fsp3) is 0.235. The first-order valence-electron chi connectivity index (χ1n) is 7.92. The Bertz CT molecular complexity index is 829. The summed E-state index contributed by atoms with van der Waals surface area (Å²) in [5, 5.41) is 15.0. The van der Waals surface area contributed by atoms with Crippen molar-refractivity contribution >= 4 is 40.1 Å². The molecule has 3 heterocycles. The Morgan fingerprint density at radius 1 is 1.24 bits per heavy atom. The van der Waals surface area contributed by atoms with E-state index in [2.05, 4.69) is 20.6 Å². The van der Waals surface area contributed by atoms with Gasteiger partial charge in [0.1, 0.15) is 5.70 Å². The maximum atomic E-state index is 12.1. The van der Waals surface area contributed by atoms with Crippen LogP contribution >= 0.6 is 11.8 Å². The highest BCUT2D eigenvalue weighted by atomic mass is 32.2. The Hall–Kier alpha value is -2.58. The van der Waals surface area contributed by atoms with E-state index in [4.69, 9.17) is 5.11 Å². The minimum Gasteiger partial charge on any atom is -0.395 e. The van der Waals surface area contributed by atoms with Crippen LogP contribution in [-0.4, -0.2) is 58.1 Å². The molecule has 0 saturated carbocycles. The third kappa shape index (κ3) is 2.83. The normalized spacial score (nSPS) is 19.2. The first kappa shape index (κ1) is 15.9. The highest BCUT2D eigenvalue weighted by molar-refractivity contribution is 8.16. The Morgan fingerprint density at radius 2 is 2.04 bits per heavy atom. The summed E-state index contributed by atoms with van der Waals surface area (Å²) in [6, 6.07) is 7.70. The molecule has 1 aromatic carbocycles. The number of β-amino-alcohol motifs (C(OH)–C–C–N with tert-alkyl or cyclic N) is 1. The van der Waals surface area contributed by atoms with Crippen LogP contribution in [0.1, 0.15) is 5.56 Å². The van der Waals surface area contributed by atoms with Crippen molar-refractivity contribution < 1.29 is 14.7 Å². The minimum atomic E-state index is -0.420. The Labute approximate surface area is 148 Å². The van der Waals surface area contributed by atoms with Crippen molar-refractivity contribution in [1.82, 2.24) is 9.80 Å². The number of anilines is 1. The number of benzene rings is 1. The maximum absolute atomic E-state index is 12.1. The van der Waals surface area contributed by atoms with Gasteiger partial charge in [-0.1, -0.05) is 23.9 Å². The van der Waals surface area contributed by atoms with Crippen molar-refractivity contribution in [1.29, 1.82) is 0 Å². The number of hydrogen-bond donors (Lipinski definition) is 2. The Morgan fingerprint density at radius 3 is 2.80 bits per heavy atom. The zero-order chi connectivity index (χ0) is 17.4. The van der Waals surface area contributed by atoms with Gasteiger partial charge in [0.25, 0.3) is 11.8 Å². The number of aliphatic imine (C=N–C) groups is 1. The second kappa shape index (κ2) is 6.38. The van der Waals surface area contributed by atoms with Crippen LogP contribution in [0, 0.1) is 0 Å². The first-order valence-corrected chi connectivity index (χ1v) is 8.80. The molecule has 0 aromatic heterocycles. The van der Waals surface area contributed by atoms with E-state index in [1.807, 2.05) is 24.3 Å². The van der Waals surface area contributed by atoms with Gasteiger partial charge >= 0.3 is 0 Å². The van der Waals surface area contributed by atoms with Crippen LogP contribution in [0.15, 0.2) is 46.4 Å². The number of aliphatic hydroxyl groups is 1. The number of carbonyl (C=O) groups excluding carboxylic acids is 2. The molecular weight excluding hydrogens is 340 g/mol. The predicted octanol–water partition coefficient (Wildman–Crippen LogP) is 1.06. The fourth-order valence-corrected chi connectivity index (χ4v) is 3.90. The van der Waals surface area contributed by atoms with Gasteiger partial charge in [-0.25, -0.2) is 0 Å². The van der Waals surface area contributed by atoms with Gasteiger partial charge in [0.15, 0.2) is 5.17 Å². The monoisotopic (exact) mass is 356 g/mol. The zero-order valence-corrected chi connectivity index (χ0v) is 14.1. The van der Waals surface area contributed by atoms with Gasteiger partial charge in [0, 0.05) is 23.7 Å². The molecule has 0 bridgehead atoms. The van der Waals surface area contributed by atoms with E-state index >= 15 is 0 Å². The van der Waals surface area contributed by atoms with Crippen LogP contribution in [0.5, 0.6) is 0 Å². The summed E-state index contributed by atoms with van der Waals surface area (Å²) >= 11 is 1.63. The van der Waals surface area contributed by atoms with Gasteiger partial charge in [-0.05, 0) is 17.7 Å². The zero-order valence-electron chi connectivity index (χ0n) is 13.3. The van der Waals surface area contributed by atoms with E-state index in [1.54, 1.807) is 11.8 Å². The summed E-state index contributed by atoms with van der Waals surface area (Å²) in [7, 11) is 0. The van der Waals surface area contributed by atoms with Crippen molar-refractivity contribution in [2.75, 3.05) is 31.6 Å². The number of thioether (sulfide) groups is 1. The lowest BCUT2D eigenvalue weighted by Crippen LogP contribution is -2.34. The number of rotatable bonds is 5. The molecule has 3 aliphatic rings. The molecule has 0 atom stereocenters. The molecule has 0 spiro atoms. The fourth-order valence-electron chi connectivity index (χ4n) is 2.94. The quantitative estimate of drug-likeness (QED) is 0.768. The molecule has 2 N–H and O–H groups in total. The first-order chi connectivity index (χ1) is 12.2. The average Bonchev–Trinajstić information content (AvgIpc) is 3.28. The van der Waals surface area contributed by atoms with Gasteiger partial charge in [-0.15, -0.1) is 0 Å². The summed E-state index contributed by atoms with van der Waals surface area (Å²) in [4.78, 5) is 31.6. The predicted molar refractivity (Wildman–Crippen MR) is 96.5 cm³/mol. The van der Waals surface area contributed by atoms with Crippen molar-refractivity contribution in [3.63, 3.8) is 0 Å². The molecule has 4 rings (SSSR count). The highest BCUT2D eigenvalue weighted by Crippen LogP contribution is 2.35. The van der Waals surface area contributed by atoms with Gasteiger partial charge < -0.3 is 15.3 Å². The number of nitrogens with one attached hydrogen (secondary N) is 1. The highest BCUT2D eigenvalue weighted by Gasteiger charge is 2.31. The lowest BCUT2D eigenvalue weighted by molar-refractivity contribution is -0.137. The summed E-state index contributed by atoms with van der Waals surface area (Å²) < 4.78 is 0. The van der Waals surface area contributed by atoms with Crippen LogP contribution < -0.4 is 5.32 Å². The minimum absolute atomic E-state index is 0.00380. The van der Waals surface area contributed by atoms with Crippen molar-refractivity contribution in [2.45, 2.75) is 0 Å². The van der Waals surface area contributed by atoms with Gasteiger partial charge in [0.2, 0.25) is 0 Å². The summed E-state index contributed by atoms with van der Waals surface area (Å²) in [6.45, 7) is 1.48. The molecule has 0 fully saturated rings. The number of imide groups is 1. The molecule has 7 nitrogen and oxygen atoms in total. The number of amidine groups is 1. The van der Waals surface area contributed by atoms with Crippen LogP contribution in [0.3, 0.4) is 0 Å². The largest absolute Gasteiger partial charge is 0.395 e. The lowest BCUT2D eigenvalue weighted by Gasteiger charge is -2.17. The third-order valence-corrected chi connectivity index (χ3v) is 5.06. The topological polar surface area (TPSA) is 85.2 Å². The third-order valence-electron chi connectivity index (χ3n) is 4.16. The number of hydrogen-bond acceptors (Lipinski definition) is 7. The van der Waals surface area contributed by atoms with Gasteiger partial charge in [-0.3, -0.25) is 19.5 Å². The Kier molecular flexibility index (Phi) is 4.06. The number of carbonyl (C=O) groups is 2. The van der Waals surface area contributed by atoms with Crippen LogP contribution in [0.2, 0.25) is 0 Å². The number of nitrogens with zero attached hydrogens (tertiary/aromatic N) is 3. The van der Waals surface area contributed by atoms with Crippen LogP contribution in [0.4, 0.5) is 5.69 Å². The molecule has 3 aliphatic heterocycles. The molecule has 0 unspecified atom stereocenters. The number of aliphatic hydroxyl groups excluding tert-OH is 1. The molecule has 0 aliphatic carbocycles. The van der Waals surface area contributed by atoms with Gasteiger partial charge in [0.05, 0.1) is 25.4 Å². The Balaban J connectivity index is 1.47. The molecule has 128 valence electrons. The van der Waals surface area contributed by atoms with E-state index in [0.717, 1.165) is 40.1 Å². The maximum Gasteiger partial charge on any atom is 0.277 e. The molecular formula is C17H16N4O3S. The molecule has 25 heavy (non-hydrogen) atoms. The van der Waals surface area contributed by atoms with E-state index in [0.29, 0.717) is 0 Å². The second-order valence-electron chi connectivity index (χ2n) is 5.72. The van der Waals surface area contributed by atoms with Gasteiger partial charge in [-0.2, -0.15) is 0 Å². The van der Waals surface area contributed by atoms with Crippen LogP contribution in [-0.2, 0) is 9.59 Å². The van der Waals surface area contributed by atoms with Crippen LogP contribution in [0.25, 0.3) is 5.70 Å². The van der Waals surface area contributed by atoms with E-state index < -0.39 is 11.8 Å². The standard InChI is InChI=1S/C17H16N4O3S/c22-8-7-21-15(23)9-13(16(21)24)19-12-3-1-11(2-4-12)14-10-25-17-18-5-6-20(14)17/h1-4,9-10,19,22H,5-8H2. The number of fused-ring (bicyclic) bond motifs is 1. The van der Waals surface area contributed by atoms with E-state index in [1.165, 1.54) is 6.08 Å². The SMILES string of the molecule is O=C1C=C(Nc2ccc(C3=CSC4=NCCN34)cc2)C(=O)N1CCO. The van der Waals surface area contributed by atoms with E-state index in [9.17, 15) is 9.59 Å². The number of amides is 2. The molecule has 1 aromatic rings.